The Balaban J connectivity index is 1.22. The third kappa shape index (κ3) is 3.23. The van der Waals surface area contributed by atoms with Crippen LogP contribution in [-0.4, -0.2) is 47.6 Å². The van der Waals surface area contributed by atoms with Gasteiger partial charge in [0.2, 0.25) is 0 Å². The average molecular weight is 377 g/mol. The molecular formula is C23H27N3O2. The maximum Gasteiger partial charge on any atom is 0.272 e. The number of aryl methyl sites for hydroxylation is 1. The van der Waals surface area contributed by atoms with Gasteiger partial charge in [-0.05, 0) is 49.4 Å². The zero-order valence-electron chi connectivity index (χ0n) is 16.3. The number of piperidine rings is 1. The molecule has 2 saturated heterocycles. The first kappa shape index (κ1) is 17.5. The fourth-order valence-electron chi connectivity index (χ4n) is 4.76. The van der Waals surface area contributed by atoms with Gasteiger partial charge in [-0.25, -0.2) is 4.98 Å². The van der Waals surface area contributed by atoms with Crippen LogP contribution >= 0.6 is 0 Å². The second kappa shape index (κ2) is 7.12. The Morgan fingerprint density at radius 1 is 0.964 bits per heavy atom. The van der Waals surface area contributed by atoms with E-state index in [0.29, 0.717) is 5.69 Å². The highest BCUT2D eigenvalue weighted by Gasteiger charge is 2.40. The second-order valence-electron chi connectivity index (χ2n) is 8.28. The molecule has 0 aliphatic carbocycles. The molecule has 2 aromatic rings. The number of benzene rings is 1. The van der Waals surface area contributed by atoms with Crippen molar-refractivity contribution in [2.24, 2.45) is 0 Å². The molecule has 2 fully saturated rings. The van der Waals surface area contributed by atoms with Crippen molar-refractivity contribution in [3.8, 4) is 5.75 Å². The number of likely N-dealkylation sites (tertiary alicyclic amines) is 1. The normalized spacial score (nSPS) is 20.7. The fourth-order valence-corrected chi connectivity index (χ4v) is 4.76. The Labute approximate surface area is 166 Å². The molecule has 146 valence electrons. The Morgan fingerprint density at radius 3 is 2.50 bits per heavy atom. The highest BCUT2D eigenvalue weighted by atomic mass is 16.5. The Hall–Kier alpha value is -2.56. The van der Waals surface area contributed by atoms with E-state index < -0.39 is 0 Å². The van der Waals surface area contributed by atoms with Crippen molar-refractivity contribution in [2.45, 2.75) is 44.1 Å². The Morgan fingerprint density at radius 2 is 1.75 bits per heavy atom. The average Bonchev–Trinajstić information content (AvgIpc) is 3.29. The summed E-state index contributed by atoms with van der Waals surface area (Å²) in [7, 11) is 0. The van der Waals surface area contributed by atoms with E-state index >= 15 is 0 Å². The minimum absolute atomic E-state index is 0.0408. The van der Waals surface area contributed by atoms with Crippen LogP contribution in [0.5, 0.6) is 5.75 Å². The number of hydrogen-bond acceptors (Lipinski definition) is 4. The fraction of sp³-hybridized carbons (Fsp3) is 0.478. The van der Waals surface area contributed by atoms with Gasteiger partial charge < -0.3 is 14.5 Å². The van der Waals surface area contributed by atoms with E-state index in [4.69, 9.17) is 4.74 Å². The van der Waals surface area contributed by atoms with Crippen LogP contribution in [0.2, 0.25) is 0 Å². The van der Waals surface area contributed by atoms with Crippen LogP contribution in [0.15, 0.2) is 42.6 Å². The van der Waals surface area contributed by atoms with E-state index in [0.717, 1.165) is 63.3 Å². The maximum absolute atomic E-state index is 12.9. The summed E-state index contributed by atoms with van der Waals surface area (Å²) < 4.78 is 6.41. The number of rotatable bonds is 2. The topological polar surface area (TPSA) is 45.7 Å². The highest BCUT2D eigenvalue weighted by molar-refractivity contribution is 5.92. The Bertz CT molecular complexity index is 850. The minimum atomic E-state index is -0.113. The summed E-state index contributed by atoms with van der Waals surface area (Å²) in [5.74, 6) is 1.06. The summed E-state index contributed by atoms with van der Waals surface area (Å²) >= 11 is 0. The predicted molar refractivity (Wildman–Crippen MR) is 109 cm³/mol. The lowest BCUT2D eigenvalue weighted by Crippen LogP contribution is -2.51. The smallest absolute Gasteiger partial charge is 0.272 e. The number of pyridine rings is 1. The zero-order valence-corrected chi connectivity index (χ0v) is 16.3. The molecule has 5 nitrogen and oxygen atoms in total. The summed E-state index contributed by atoms with van der Waals surface area (Å²) in [5, 5.41) is 0. The molecule has 28 heavy (non-hydrogen) atoms. The second-order valence-corrected chi connectivity index (χ2v) is 8.28. The van der Waals surface area contributed by atoms with Crippen LogP contribution in [0.1, 0.15) is 48.2 Å². The molecule has 1 aromatic heterocycles. The monoisotopic (exact) mass is 377 g/mol. The molecule has 3 aliphatic rings. The molecule has 3 aliphatic heterocycles. The largest absolute Gasteiger partial charge is 0.487 e. The molecule has 0 N–H and O–H groups in total. The first-order chi connectivity index (χ1) is 13.7. The van der Waals surface area contributed by atoms with Crippen LogP contribution in [-0.2, 0) is 6.42 Å². The van der Waals surface area contributed by atoms with Crippen molar-refractivity contribution in [3.05, 3.63) is 53.9 Å². The summed E-state index contributed by atoms with van der Waals surface area (Å²) in [6.07, 6.45) is 8.20. The number of ether oxygens (including phenoxy) is 1. The number of fused-ring (bicyclic) bond motifs is 1. The van der Waals surface area contributed by atoms with Gasteiger partial charge in [-0.3, -0.25) is 4.79 Å². The number of anilines is 1. The van der Waals surface area contributed by atoms with Gasteiger partial charge in [-0.1, -0.05) is 18.2 Å². The molecule has 1 spiro atoms. The van der Waals surface area contributed by atoms with E-state index in [9.17, 15) is 4.79 Å². The van der Waals surface area contributed by atoms with E-state index in [1.54, 1.807) is 0 Å². The summed E-state index contributed by atoms with van der Waals surface area (Å²) in [6.45, 7) is 3.64. The molecule has 5 rings (SSSR count). The van der Waals surface area contributed by atoms with E-state index in [2.05, 4.69) is 28.1 Å². The SMILES string of the molecule is O=C(c1ccc(N2CCCC2)cn1)N1CCC2(CCc3ccccc3O2)CC1. The first-order valence-corrected chi connectivity index (χ1v) is 10.5. The van der Waals surface area contributed by atoms with Gasteiger partial charge in [0.15, 0.2) is 0 Å². The number of amides is 1. The number of nitrogens with zero attached hydrogens (tertiary/aromatic N) is 3. The first-order valence-electron chi connectivity index (χ1n) is 10.5. The van der Waals surface area contributed by atoms with Crippen molar-refractivity contribution >= 4 is 11.6 Å². The molecule has 1 amide bonds. The van der Waals surface area contributed by atoms with Crippen molar-refractivity contribution in [1.82, 2.24) is 9.88 Å². The third-order valence-corrected chi connectivity index (χ3v) is 6.55. The standard InChI is InChI=1S/C23H27N3O2/c27-22(20-8-7-19(17-24-20)25-13-3-4-14-25)26-15-11-23(12-16-26)10-9-18-5-1-2-6-21(18)28-23/h1-2,5-8,17H,3-4,9-16H2. The Kier molecular flexibility index (Phi) is 4.46. The van der Waals surface area contributed by atoms with Gasteiger partial charge in [-0.2, -0.15) is 0 Å². The maximum atomic E-state index is 12.9. The molecule has 1 aromatic carbocycles. The van der Waals surface area contributed by atoms with Crippen LogP contribution in [0, 0.1) is 0 Å². The van der Waals surface area contributed by atoms with Gasteiger partial charge in [0.1, 0.15) is 17.0 Å². The van der Waals surface area contributed by atoms with Crippen LogP contribution in [0.4, 0.5) is 5.69 Å². The predicted octanol–water partition coefficient (Wildman–Crippen LogP) is 3.68. The van der Waals surface area contributed by atoms with Crippen LogP contribution in [0.3, 0.4) is 0 Å². The lowest BCUT2D eigenvalue weighted by Gasteiger charge is -2.44. The number of hydrogen-bond donors (Lipinski definition) is 0. The molecule has 0 unspecified atom stereocenters. The lowest BCUT2D eigenvalue weighted by molar-refractivity contribution is -0.0108. The number of para-hydroxylation sites is 1. The molecule has 0 atom stereocenters. The van der Waals surface area contributed by atoms with Crippen molar-refractivity contribution < 1.29 is 9.53 Å². The van der Waals surface area contributed by atoms with Crippen molar-refractivity contribution in [3.63, 3.8) is 0 Å². The van der Waals surface area contributed by atoms with Crippen LogP contribution < -0.4 is 9.64 Å². The van der Waals surface area contributed by atoms with Gasteiger partial charge in [0.05, 0.1) is 11.9 Å². The molecule has 5 heteroatoms. The molecular weight excluding hydrogens is 350 g/mol. The summed E-state index contributed by atoms with van der Waals surface area (Å²) in [6, 6.07) is 12.3. The van der Waals surface area contributed by atoms with Crippen LogP contribution in [0.25, 0.3) is 0 Å². The van der Waals surface area contributed by atoms with Crippen molar-refractivity contribution in [2.75, 3.05) is 31.1 Å². The van der Waals surface area contributed by atoms with E-state index in [1.165, 1.54) is 18.4 Å². The van der Waals surface area contributed by atoms with E-state index in [-0.39, 0.29) is 11.5 Å². The lowest BCUT2D eigenvalue weighted by atomic mass is 9.83. The number of aromatic nitrogens is 1. The molecule has 4 heterocycles. The van der Waals surface area contributed by atoms with Gasteiger partial charge in [0, 0.05) is 39.0 Å². The summed E-state index contributed by atoms with van der Waals surface area (Å²) in [4.78, 5) is 21.7. The van der Waals surface area contributed by atoms with Gasteiger partial charge in [-0.15, -0.1) is 0 Å². The molecule has 0 bridgehead atoms. The highest BCUT2D eigenvalue weighted by Crippen LogP contribution is 2.39. The molecule has 0 radical (unpaired) electrons. The number of carbonyl (C=O) groups is 1. The third-order valence-electron chi connectivity index (χ3n) is 6.55. The molecule has 0 saturated carbocycles. The summed E-state index contributed by atoms with van der Waals surface area (Å²) in [5.41, 5.74) is 2.86. The van der Waals surface area contributed by atoms with E-state index in [1.807, 2.05) is 29.3 Å². The number of carbonyl (C=O) groups excluding carboxylic acids is 1. The minimum Gasteiger partial charge on any atom is -0.487 e. The van der Waals surface area contributed by atoms with Gasteiger partial charge in [0.25, 0.3) is 5.91 Å². The quantitative estimate of drug-likeness (QED) is 0.801. The zero-order chi connectivity index (χ0) is 19.0. The van der Waals surface area contributed by atoms with Crippen molar-refractivity contribution in [1.29, 1.82) is 0 Å². The van der Waals surface area contributed by atoms with Gasteiger partial charge >= 0.3 is 0 Å².